The van der Waals surface area contributed by atoms with E-state index < -0.39 is 7.71 Å². The molecular weight excluding hydrogens is 121 g/mol. The molecular formula is C4H13N3P+. The third-order valence-corrected chi connectivity index (χ3v) is 4.04. The summed E-state index contributed by atoms with van der Waals surface area (Å²) in [4.78, 5) is 0. The number of nitrogens with two attached hydrogens (primary N) is 2. The lowest BCUT2D eigenvalue weighted by Crippen LogP contribution is -2.29. The van der Waals surface area contributed by atoms with E-state index in [4.69, 9.17) is 11.0 Å². The van der Waals surface area contributed by atoms with Crippen LogP contribution in [-0.2, 0) is 0 Å². The predicted molar refractivity (Wildman–Crippen MR) is 37.4 cm³/mol. The fraction of sp³-hybridized carbons (Fsp3) is 1.00. The second-order valence-electron chi connectivity index (χ2n) is 2.29. The molecule has 5 N–H and O–H groups in total. The van der Waals surface area contributed by atoms with E-state index >= 15 is 0 Å². The molecule has 0 heterocycles. The summed E-state index contributed by atoms with van der Waals surface area (Å²) in [5.41, 5.74) is 12.0. The van der Waals surface area contributed by atoms with Gasteiger partial charge in [0, 0.05) is 7.05 Å². The van der Waals surface area contributed by atoms with Gasteiger partial charge in [0.1, 0.15) is 5.66 Å². The third kappa shape index (κ3) is 1.17. The van der Waals surface area contributed by atoms with Gasteiger partial charge in [-0.1, -0.05) is 0 Å². The zero-order chi connectivity index (χ0) is 6.20. The van der Waals surface area contributed by atoms with Crippen molar-refractivity contribution in [1.29, 1.82) is 0 Å². The Morgan fingerprint density at radius 1 is 1.50 bits per heavy atom. The van der Waals surface area contributed by atoms with Crippen LogP contribution in [0.15, 0.2) is 0 Å². The maximum absolute atomic E-state index is 5.70. The molecule has 0 aromatic heterocycles. The zero-order valence-electron chi connectivity index (χ0n) is 5.09. The highest BCUT2D eigenvalue weighted by atomic mass is 31.2. The van der Waals surface area contributed by atoms with Crippen molar-refractivity contribution in [2.45, 2.75) is 18.5 Å². The molecule has 0 bridgehead atoms. The smallest absolute Gasteiger partial charge is 0.174 e. The maximum atomic E-state index is 5.70. The Morgan fingerprint density at radius 3 is 2.12 bits per heavy atom. The molecule has 3 nitrogen and oxygen atoms in total. The summed E-state index contributed by atoms with van der Waals surface area (Å²) < 4.78 is 0. The topological polar surface area (TPSA) is 64.1 Å². The highest BCUT2D eigenvalue weighted by Gasteiger charge is 2.46. The Hall–Kier alpha value is 0.310. The largest absolute Gasteiger partial charge is 0.217 e. The quantitative estimate of drug-likeness (QED) is 0.467. The summed E-state index contributed by atoms with van der Waals surface area (Å²) in [5, 5.41) is 2.97. The van der Waals surface area contributed by atoms with Crippen LogP contribution >= 0.6 is 7.71 Å². The average Bonchev–Trinajstić information content (AvgIpc) is 2.44. The van der Waals surface area contributed by atoms with Gasteiger partial charge in [-0.3, -0.25) is 0 Å². The molecule has 0 amide bonds. The lowest BCUT2D eigenvalue weighted by atomic mass is 11.0. The van der Waals surface area contributed by atoms with E-state index in [0.717, 1.165) is 0 Å². The van der Waals surface area contributed by atoms with Crippen molar-refractivity contribution in [1.82, 2.24) is 5.09 Å². The van der Waals surface area contributed by atoms with Crippen molar-refractivity contribution >= 4 is 7.71 Å². The van der Waals surface area contributed by atoms with Gasteiger partial charge in [0.25, 0.3) is 0 Å². The minimum atomic E-state index is -1.63. The van der Waals surface area contributed by atoms with Crippen molar-refractivity contribution in [3.63, 3.8) is 0 Å². The van der Waals surface area contributed by atoms with E-state index in [1.165, 1.54) is 12.8 Å². The van der Waals surface area contributed by atoms with Gasteiger partial charge < -0.3 is 0 Å². The first kappa shape index (κ1) is 6.43. The molecule has 0 spiro atoms. The van der Waals surface area contributed by atoms with Crippen molar-refractivity contribution < 1.29 is 0 Å². The molecule has 1 aliphatic rings. The molecule has 0 aliphatic heterocycles. The summed E-state index contributed by atoms with van der Waals surface area (Å²) in [5.74, 6) is 0. The van der Waals surface area contributed by atoms with Gasteiger partial charge in [0.2, 0.25) is 7.71 Å². The van der Waals surface area contributed by atoms with Crippen LogP contribution in [0.2, 0.25) is 0 Å². The van der Waals surface area contributed by atoms with Gasteiger partial charge in [0.15, 0.2) is 0 Å². The normalized spacial score (nSPS) is 21.4. The third-order valence-electron chi connectivity index (χ3n) is 1.54. The SMILES string of the molecule is CN[P+](N)(N)C1CC1. The fourth-order valence-corrected chi connectivity index (χ4v) is 2.05. The van der Waals surface area contributed by atoms with Crippen molar-refractivity contribution in [3.05, 3.63) is 0 Å². The number of hydrogen-bond acceptors (Lipinski definition) is 3. The summed E-state index contributed by atoms with van der Waals surface area (Å²) in [6.45, 7) is 0. The Labute approximate surface area is 50.3 Å². The van der Waals surface area contributed by atoms with Crippen LogP contribution in [0.25, 0.3) is 0 Å². The molecule has 0 unspecified atom stereocenters. The maximum Gasteiger partial charge on any atom is 0.217 e. The lowest BCUT2D eigenvalue weighted by Gasteiger charge is -2.11. The van der Waals surface area contributed by atoms with Crippen molar-refractivity contribution in [2.75, 3.05) is 7.05 Å². The Bertz CT molecular complexity index is 89.3. The molecule has 1 fully saturated rings. The van der Waals surface area contributed by atoms with Crippen LogP contribution in [-0.4, -0.2) is 12.7 Å². The van der Waals surface area contributed by atoms with Gasteiger partial charge in [-0.25, -0.2) is 0 Å². The van der Waals surface area contributed by atoms with Crippen molar-refractivity contribution in [2.24, 2.45) is 11.0 Å². The number of rotatable bonds is 2. The Morgan fingerprint density at radius 2 is 2.00 bits per heavy atom. The van der Waals surface area contributed by atoms with E-state index in [9.17, 15) is 0 Å². The van der Waals surface area contributed by atoms with E-state index in [0.29, 0.717) is 5.66 Å². The second kappa shape index (κ2) is 1.92. The molecule has 0 radical (unpaired) electrons. The lowest BCUT2D eigenvalue weighted by molar-refractivity contribution is 1.16. The highest BCUT2D eigenvalue weighted by Crippen LogP contribution is 2.54. The molecule has 4 heteroatoms. The Kier molecular flexibility index (Phi) is 1.54. The molecule has 1 aliphatic carbocycles. The van der Waals surface area contributed by atoms with Crippen LogP contribution in [0.1, 0.15) is 12.8 Å². The average molecular weight is 134 g/mol. The minimum absolute atomic E-state index is 0.618. The molecule has 48 valence electrons. The summed E-state index contributed by atoms with van der Waals surface area (Å²) in [6, 6.07) is 0. The molecule has 0 atom stereocenters. The highest BCUT2D eigenvalue weighted by molar-refractivity contribution is 7.70. The minimum Gasteiger partial charge on any atom is -0.174 e. The second-order valence-corrected chi connectivity index (χ2v) is 5.14. The summed E-state index contributed by atoms with van der Waals surface area (Å²) in [7, 11) is 0.205. The molecule has 0 saturated heterocycles. The first-order chi connectivity index (χ1) is 3.67. The van der Waals surface area contributed by atoms with Crippen molar-refractivity contribution in [3.8, 4) is 0 Å². The summed E-state index contributed by atoms with van der Waals surface area (Å²) in [6.07, 6.45) is 2.45. The van der Waals surface area contributed by atoms with Gasteiger partial charge in [-0.15, -0.1) is 0 Å². The Balaban J connectivity index is 2.37. The molecule has 0 aromatic carbocycles. The van der Waals surface area contributed by atoms with E-state index in [-0.39, 0.29) is 0 Å². The molecule has 1 rings (SSSR count). The number of nitrogens with one attached hydrogen (secondary N) is 1. The van der Waals surface area contributed by atoms with E-state index in [1.54, 1.807) is 0 Å². The molecule has 8 heavy (non-hydrogen) atoms. The van der Waals surface area contributed by atoms with Gasteiger partial charge in [0.05, 0.1) is 0 Å². The van der Waals surface area contributed by atoms with Gasteiger partial charge in [-0.05, 0) is 12.8 Å². The van der Waals surface area contributed by atoms with E-state index in [1.807, 2.05) is 7.05 Å². The first-order valence-corrected chi connectivity index (χ1v) is 4.81. The standard InChI is InChI=1S/C4H13N3P/c1-7-8(5,6)4-2-3-4/h4,7H,2-3,5-6H2,1H3/q+1. The van der Waals surface area contributed by atoms with E-state index in [2.05, 4.69) is 5.09 Å². The summed E-state index contributed by atoms with van der Waals surface area (Å²) >= 11 is 0. The van der Waals surface area contributed by atoms with Crippen LogP contribution in [0.3, 0.4) is 0 Å². The van der Waals surface area contributed by atoms with Crippen LogP contribution in [0, 0.1) is 0 Å². The van der Waals surface area contributed by atoms with Crippen LogP contribution in [0.5, 0.6) is 0 Å². The molecule has 0 aromatic rings. The monoisotopic (exact) mass is 134 g/mol. The zero-order valence-corrected chi connectivity index (χ0v) is 5.99. The van der Waals surface area contributed by atoms with Crippen LogP contribution < -0.4 is 16.1 Å². The van der Waals surface area contributed by atoms with Crippen LogP contribution in [0.4, 0.5) is 0 Å². The molecule has 1 saturated carbocycles. The predicted octanol–water partition coefficient (Wildman–Crippen LogP) is 0.0482. The van der Waals surface area contributed by atoms with Gasteiger partial charge in [-0.2, -0.15) is 16.1 Å². The first-order valence-electron chi connectivity index (χ1n) is 2.81. The van der Waals surface area contributed by atoms with Gasteiger partial charge >= 0.3 is 0 Å². The fourth-order valence-electron chi connectivity index (χ4n) is 0.684. The number of hydrogen-bond donors (Lipinski definition) is 3.